The van der Waals surface area contributed by atoms with E-state index in [1.165, 1.54) is 68.6 Å². The third-order valence-electron chi connectivity index (χ3n) is 22.9. The highest BCUT2D eigenvalue weighted by atomic mass is 32.1. The van der Waals surface area contributed by atoms with E-state index in [2.05, 4.69) is 319 Å². The molecule has 0 saturated carbocycles. The lowest BCUT2D eigenvalue weighted by molar-refractivity contribution is 0.673. The topological polar surface area (TPSA) is 100 Å². The van der Waals surface area contributed by atoms with Crippen LogP contribution in [0.25, 0.3) is 230 Å². The zero-order valence-electron chi connectivity index (χ0n) is 63.9. The van der Waals surface area contributed by atoms with Crippen molar-refractivity contribution in [3.63, 3.8) is 0 Å². The molecule has 7 heterocycles. The molecule has 0 aliphatic heterocycles. The van der Waals surface area contributed by atoms with Gasteiger partial charge in [0.15, 0.2) is 34.9 Å². The number of aromatic nitrogens is 8. The standard InChI is InChI=1S/C57H34N4OS.C51H32N4S/c1-4-15-35(16-5-1)37-19-14-20-39(31-37)56-58-55(36-17-6-2-7-18-36)59-57(60-56)47-34-40(33-45-43-24-11-13-26-51(43)63-54(45)47)38-27-29-48-46(32-38)52-49(61(48)41-21-8-3-9-22-41)30-28-44-42-23-10-12-25-50(42)62-53(44)52;1-3-16-33(17-4-1)49-52-50(34-18-5-2-6-19-34)54-51(53-49)36-21-15-20-35(30-36)42-31-37(32-43-41-25-10-14-29-47(41)56-48(42)43)38-22-7-11-26-44(38)55-45-27-12-8-23-39(45)40-24-9-13-28-46(40)55/h1-34H;1-32H. The fourth-order valence-electron chi connectivity index (χ4n) is 17.3. The molecular formula is C108H66N8OS2. The number of furan rings is 1. The maximum Gasteiger partial charge on any atom is 0.165 e. The highest BCUT2D eigenvalue weighted by molar-refractivity contribution is 7.26. The van der Waals surface area contributed by atoms with E-state index in [9.17, 15) is 0 Å². The summed E-state index contributed by atoms with van der Waals surface area (Å²) in [5.74, 6) is 3.82. The maximum absolute atomic E-state index is 6.73. The quantitative estimate of drug-likeness (QED) is 0.120. The van der Waals surface area contributed by atoms with Gasteiger partial charge < -0.3 is 13.6 Å². The smallest absolute Gasteiger partial charge is 0.165 e. The van der Waals surface area contributed by atoms with Gasteiger partial charge in [-0.15, -0.1) is 22.7 Å². The molecule has 119 heavy (non-hydrogen) atoms. The molecule has 0 unspecified atom stereocenters. The second-order valence-electron chi connectivity index (χ2n) is 30.0. The Bertz CT molecular complexity index is 8000. The first-order valence-corrected chi connectivity index (χ1v) is 41.5. The lowest BCUT2D eigenvalue weighted by Crippen LogP contribution is -2.00. The van der Waals surface area contributed by atoms with Crippen molar-refractivity contribution in [2.45, 2.75) is 0 Å². The molecule has 24 rings (SSSR count). The fourth-order valence-corrected chi connectivity index (χ4v) is 19.8. The minimum Gasteiger partial charge on any atom is -0.455 e. The van der Waals surface area contributed by atoms with Gasteiger partial charge in [-0.25, -0.2) is 29.9 Å². The molecule has 7 aromatic heterocycles. The number of fused-ring (bicyclic) bond motifs is 16. The molecule has 0 saturated heterocycles. The Balaban J connectivity index is 0.000000140. The van der Waals surface area contributed by atoms with Crippen LogP contribution in [0, 0.1) is 0 Å². The van der Waals surface area contributed by atoms with E-state index >= 15 is 0 Å². The van der Waals surface area contributed by atoms with Crippen LogP contribution in [0.2, 0.25) is 0 Å². The van der Waals surface area contributed by atoms with Crippen molar-refractivity contribution in [1.82, 2.24) is 39.0 Å². The van der Waals surface area contributed by atoms with Crippen LogP contribution in [-0.2, 0) is 0 Å². The van der Waals surface area contributed by atoms with Crippen molar-refractivity contribution in [3.05, 3.63) is 400 Å². The van der Waals surface area contributed by atoms with Gasteiger partial charge in [0.2, 0.25) is 0 Å². The summed E-state index contributed by atoms with van der Waals surface area (Å²) in [6.45, 7) is 0. The van der Waals surface area contributed by atoms with Crippen LogP contribution in [0.5, 0.6) is 0 Å². The molecule has 0 fully saturated rings. The summed E-state index contributed by atoms with van der Waals surface area (Å²) in [6.07, 6.45) is 0. The van der Waals surface area contributed by atoms with E-state index in [1.54, 1.807) is 11.3 Å². The van der Waals surface area contributed by atoms with Crippen LogP contribution in [-0.4, -0.2) is 39.0 Å². The van der Waals surface area contributed by atoms with Gasteiger partial charge >= 0.3 is 0 Å². The zero-order valence-corrected chi connectivity index (χ0v) is 65.5. The average Bonchev–Trinajstić information content (AvgIpc) is 1.52. The number of hydrogen-bond acceptors (Lipinski definition) is 9. The van der Waals surface area contributed by atoms with Crippen molar-refractivity contribution in [3.8, 4) is 124 Å². The van der Waals surface area contributed by atoms with Crippen molar-refractivity contribution in [2.75, 3.05) is 0 Å². The largest absolute Gasteiger partial charge is 0.455 e. The van der Waals surface area contributed by atoms with Crippen LogP contribution >= 0.6 is 22.7 Å². The van der Waals surface area contributed by atoms with Crippen LogP contribution in [0.3, 0.4) is 0 Å². The summed E-state index contributed by atoms with van der Waals surface area (Å²) < 4.78 is 16.4. The van der Waals surface area contributed by atoms with Crippen LogP contribution in [0.15, 0.2) is 405 Å². The number of rotatable bonds is 12. The van der Waals surface area contributed by atoms with Crippen LogP contribution in [0.4, 0.5) is 0 Å². The molecule has 0 amide bonds. The molecule has 11 heteroatoms. The monoisotopic (exact) mass is 1550 g/mol. The normalized spacial score (nSPS) is 11.7. The van der Waals surface area contributed by atoms with Gasteiger partial charge in [0.05, 0.1) is 33.1 Å². The second kappa shape index (κ2) is 28.8. The van der Waals surface area contributed by atoms with E-state index in [4.69, 9.17) is 34.3 Å². The van der Waals surface area contributed by atoms with Gasteiger partial charge in [-0.3, -0.25) is 0 Å². The third-order valence-corrected chi connectivity index (χ3v) is 25.3. The molecule has 9 nitrogen and oxygen atoms in total. The number of hydrogen-bond donors (Lipinski definition) is 0. The summed E-state index contributed by atoms with van der Waals surface area (Å²) in [5.41, 5.74) is 23.3. The number of para-hydroxylation sites is 5. The van der Waals surface area contributed by atoms with Crippen molar-refractivity contribution >= 4 is 129 Å². The summed E-state index contributed by atoms with van der Waals surface area (Å²) >= 11 is 3.63. The summed E-state index contributed by atoms with van der Waals surface area (Å²) in [6, 6.07) is 141. The zero-order chi connectivity index (χ0) is 78.4. The molecule has 0 radical (unpaired) electrons. The first-order valence-electron chi connectivity index (χ1n) is 39.9. The van der Waals surface area contributed by atoms with Gasteiger partial charge in [0.1, 0.15) is 11.2 Å². The highest BCUT2D eigenvalue weighted by Crippen LogP contribution is 2.49. The average molecular weight is 1560 g/mol. The van der Waals surface area contributed by atoms with Crippen molar-refractivity contribution < 1.29 is 4.42 Å². The van der Waals surface area contributed by atoms with Gasteiger partial charge in [-0.05, 0) is 143 Å². The first-order chi connectivity index (χ1) is 59.0. The summed E-state index contributed by atoms with van der Waals surface area (Å²) in [4.78, 5) is 30.8. The van der Waals surface area contributed by atoms with Crippen molar-refractivity contribution in [2.24, 2.45) is 0 Å². The Morgan fingerprint density at radius 3 is 1.23 bits per heavy atom. The van der Waals surface area contributed by atoms with Crippen LogP contribution in [0.1, 0.15) is 0 Å². The molecule has 0 aliphatic rings. The highest BCUT2D eigenvalue weighted by Gasteiger charge is 2.25. The molecule has 17 aromatic carbocycles. The summed E-state index contributed by atoms with van der Waals surface area (Å²) in [7, 11) is 0. The van der Waals surface area contributed by atoms with E-state index in [0.717, 1.165) is 127 Å². The Morgan fingerprint density at radius 1 is 0.210 bits per heavy atom. The molecule has 556 valence electrons. The third kappa shape index (κ3) is 12.1. The van der Waals surface area contributed by atoms with Gasteiger partial charge in [0, 0.05) is 117 Å². The minimum atomic E-state index is 0.626. The number of nitrogens with zero attached hydrogens (tertiary/aromatic N) is 8. The van der Waals surface area contributed by atoms with E-state index in [-0.39, 0.29) is 0 Å². The minimum absolute atomic E-state index is 0.626. The predicted octanol–water partition coefficient (Wildman–Crippen LogP) is 29.2. The summed E-state index contributed by atoms with van der Waals surface area (Å²) in [5, 5.41) is 11.8. The molecule has 24 aromatic rings. The first kappa shape index (κ1) is 69.1. The van der Waals surface area contributed by atoms with E-state index in [1.807, 2.05) is 102 Å². The van der Waals surface area contributed by atoms with Gasteiger partial charge in [-0.1, -0.05) is 291 Å². The number of benzene rings is 17. The Morgan fingerprint density at radius 2 is 0.622 bits per heavy atom. The molecule has 0 atom stereocenters. The Labute approximate surface area is 691 Å². The van der Waals surface area contributed by atoms with E-state index in [0.29, 0.717) is 34.9 Å². The van der Waals surface area contributed by atoms with Gasteiger partial charge in [0.25, 0.3) is 0 Å². The molecular weight excluding hydrogens is 1490 g/mol. The molecule has 0 aliphatic carbocycles. The SMILES string of the molecule is c1ccc(-c2cccc(-c3nc(-c4ccccc4)nc(-c4cc(-c5ccc6c(c5)c5c7oc8ccccc8c7ccc5n6-c5ccccc5)cc5c4sc4ccccc45)n3)c2)cc1.c1ccc(-c2nc(-c3ccccc3)nc(-c3cccc(-c4cc(-c5ccccc5-n5c6ccccc6c6ccccc65)cc5c4sc4ccccc45)c3)n2)cc1. The molecule has 0 bridgehead atoms. The molecule has 0 spiro atoms. The van der Waals surface area contributed by atoms with Crippen LogP contribution < -0.4 is 0 Å². The van der Waals surface area contributed by atoms with Crippen molar-refractivity contribution in [1.29, 1.82) is 0 Å². The number of thiophene rings is 2. The Hall–Kier alpha value is -15.4. The Kier molecular flexibility index (Phi) is 16.8. The predicted molar refractivity (Wildman–Crippen MR) is 496 cm³/mol. The lowest BCUT2D eigenvalue weighted by atomic mass is 9.94. The molecule has 0 N–H and O–H groups in total. The fraction of sp³-hybridized carbons (Fsp3) is 0. The lowest BCUT2D eigenvalue weighted by Gasteiger charge is -2.16. The maximum atomic E-state index is 6.73. The van der Waals surface area contributed by atoms with Gasteiger partial charge in [-0.2, -0.15) is 0 Å². The second-order valence-corrected chi connectivity index (χ2v) is 32.1. The van der Waals surface area contributed by atoms with E-state index < -0.39 is 0 Å².